The molecule has 0 amide bonds. The second-order valence-corrected chi connectivity index (χ2v) is 6.39. The molecule has 0 spiro atoms. The zero-order valence-electron chi connectivity index (χ0n) is 13.9. The summed E-state index contributed by atoms with van der Waals surface area (Å²) in [6.07, 6.45) is 8.02. The first-order valence-electron chi connectivity index (χ1n) is 8.49. The number of imidazole rings is 1. The minimum atomic E-state index is 0.0552. The summed E-state index contributed by atoms with van der Waals surface area (Å²) < 4.78 is 8.09. The van der Waals surface area contributed by atoms with Crippen molar-refractivity contribution >= 4 is 16.6 Å². The third-order valence-electron chi connectivity index (χ3n) is 4.72. The Kier molecular flexibility index (Phi) is 4.17. The molecule has 24 heavy (non-hydrogen) atoms. The number of anilines is 1. The fraction of sp³-hybridized carbons (Fsp3) is 0.368. The van der Waals surface area contributed by atoms with Gasteiger partial charge < -0.3 is 14.6 Å². The lowest BCUT2D eigenvalue weighted by molar-refractivity contribution is -0.0304. The van der Waals surface area contributed by atoms with Gasteiger partial charge in [0.05, 0.1) is 17.4 Å². The monoisotopic (exact) mass is 322 g/mol. The second kappa shape index (κ2) is 6.61. The summed E-state index contributed by atoms with van der Waals surface area (Å²) in [5, 5.41) is 4.69. The standard InChI is InChI=1S/C19H22N4O/c1-23-9-8-20-19(23)18-15(6-4-10-24-18)12-21-16-11-14-5-2-3-7-17(14)22-13-16/h2-3,5,7-9,11,13,15,18,21H,4,6,10,12H2,1H3/t15-,18+/m0/s1. The van der Waals surface area contributed by atoms with E-state index in [0.717, 1.165) is 48.4 Å². The Balaban J connectivity index is 1.49. The molecule has 1 saturated heterocycles. The molecule has 4 rings (SSSR count). The highest BCUT2D eigenvalue weighted by molar-refractivity contribution is 5.81. The van der Waals surface area contributed by atoms with Crippen molar-refractivity contribution in [3.8, 4) is 0 Å². The zero-order chi connectivity index (χ0) is 16.4. The first-order chi connectivity index (χ1) is 11.8. The van der Waals surface area contributed by atoms with Crippen LogP contribution in [0.4, 0.5) is 5.69 Å². The van der Waals surface area contributed by atoms with Crippen LogP contribution in [0, 0.1) is 5.92 Å². The van der Waals surface area contributed by atoms with Gasteiger partial charge in [-0.2, -0.15) is 0 Å². The van der Waals surface area contributed by atoms with Gasteiger partial charge in [-0.1, -0.05) is 18.2 Å². The van der Waals surface area contributed by atoms with Gasteiger partial charge in [0.1, 0.15) is 11.9 Å². The van der Waals surface area contributed by atoms with Crippen LogP contribution in [-0.2, 0) is 11.8 Å². The second-order valence-electron chi connectivity index (χ2n) is 6.39. The molecule has 2 atom stereocenters. The highest BCUT2D eigenvalue weighted by Gasteiger charge is 2.30. The van der Waals surface area contributed by atoms with Crippen LogP contribution < -0.4 is 5.32 Å². The summed E-state index contributed by atoms with van der Waals surface area (Å²) in [5.74, 6) is 1.42. The summed E-state index contributed by atoms with van der Waals surface area (Å²) in [6.45, 7) is 1.67. The molecule has 0 radical (unpaired) electrons. The van der Waals surface area contributed by atoms with E-state index in [-0.39, 0.29) is 6.10 Å². The molecule has 0 unspecified atom stereocenters. The number of aryl methyl sites for hydroxylation is 1. The number of aromatic nitrogens is 3. The Morgan fingerprint density at radius 1 is 1.29 bits per heavy atom. The maximum atomic E-state index is 6.04. The highest BCUT2D eigenvalue weighted by Crippen LogP contribution is 2.32. The van der Waals surface area contributed by atoms with Crippen molar-refractivity contribution in [1.82, 2.24) is 14.5 Å². The van der Waals surface area contributed by atoms with E-state index in [1.165, 1.54) is 0 Å². The average Bonchev–Trinajstić information content (AvgIpc) is 3.06. The topological polar surface area (TPSA) is 52.0 Å². The lowest BCUT2D eigenvalue weighted by Gasteiger charge is -2.31. The number of nitrogens with one attached hydrogen (secondary N) is 1. The van der Waals surface area contributed by atoms with Crippen LogP contribution in [0.3, 0.4) is 0 Å². The minimum Gasteiger partial charge on any atom is -0.383 e. The summed E-state index contributed by atoms with van der Waals surface area (Å²) in [5.41, 5.74) is 2.08. The van der Waals surface area contributed by atoms with Crippen LogP contribution >= 0.6 is 0 Å². The SMILES string of the molecule is Cn1ccnc1[C@@H]1OCCC[C@H]1CNc1cnc2ccccc2c1. The summed E-state index contributed by atoms with van der Waals surface area (Å²) >= 11 is 0. The van der Waals surface area contributed by atoms with E-state index in [2.05, 4.69) is 32.0 Å². The lowest BCUT2D eigenvalue weighted by Crippen LogP contribution is -2.30. The first-order valence-corrected chi connectivity index (χ1v) is 8.49. The minimum absolute atomic E-state index is 0.0552. The number of fused-ring (bicyclic) bond motifs is 1. The van der Waals surface area contributed by atoms with Gasteiger partial charge in [0.2, 0.25) is 0 Å². The van der Waals surface area contributed by atoms with Crippen molar-refractivity contribution in [2.24, 2.45) is 13.0 Å². The highest BCUT2D eigenvalue weighted by atomic mass is 16.5. The Morgan fingerprint density at radius 3 is 3.08 bits per heavy atom. The third-order valence-corrected chi connectivity index (χ3v) is 4.72. The number of rotatable bonds is 4. The molecule has 0 saturated carbocycles. The molecule has 1 aliphatic heterocycles. The molecule has 0 bridgehead atoms. The Morgan fingerprint density at radius 2 is 2.21 bits per heavy atom. The van der Waals surface area contributed by atoms with E-state index >= 15 is 0 Å². The summed E-state index contributed by atoms with van der Waals surface area (Å²) in [7, 11) is 2.03. The van der Waals surface area contributed by atoms with E-state index in [9.17, 15) is 0 Å². The quantitative estimate of drug-likeness (QED) is 0.798. The molecule has 1 aromatic carbocycles. The van der Waals surface area contributed by atoms with Crippen molar-refractivity contribution in [2.75, 3.05) is 18.5 Å². The Hall–Kier alpha value is -2.40. The summed E-state index contributed by atoms with van der Waals surface area (Å²) in [4.78, 5) is 9.00. The van der Waals surface area contributed by atoms with Gasteiger partial charge in [0.25, 0.3) is 0 Å². The number of hydrogen-bond donors (Lipinski definition) is 1. The van der Waals surface area contributed by atoms with Crippen LogP contribution in [0.2, 0.25) is 0 Å². The fourth-order valence-electron chi connectivity index (χ4n) is 3.41. The smallest absolute Gasteiger partial charge is 0.138 e. The van der Waals surface area contributed by atoms with Gasteiger partial charge in [0.15, 0.2) is 0 Å². The van der Waals surface area contributed by atoms with Crippen LogP contribution in [0.1, 0.15) is 24.8 Å². The predicted molar refractivity (Wildman–Crippen MR) is 94.9 cm³/mol. The normalized spacial score (nSPS) is 21.0. The van der Waals surface area contributed by atoms with Gasteiger partial charge >= 0.3 is 0 Å². The number of pyridine rings is 1. The zero-order valence-corrected chi connectivity index (χ0v) is 13.9. The average molecular weight is 322 g/mol. The summed E-state index contributed by atoms with van der Waals surface area (Å²) in [6, 6.07) is 10.3. The largest absolute Gasteiger partial charge is 0.383 e. The Labute approximate surface area is 141 Å². The van der Waals surface area contributed by atoms with E-state index in [0.29, 0.717) is 5.92 Å². The molecule has 5 nitrogen and oxygen atoms in total. The molecule has 2 aromatic heterocycles. The maximum absolute atomic E-state index is 6.04. The van der Waals surface area contributed by atoms with Crippen LogP contribution in [-0.4, -0.2) is 27.7 Å². The molecule has 0 aliphatic carbocycles. The van der Waals surface area contributed by atoms with Gasteiger partial charge in [-0.3, -0.25) is 4.98 Å². The molecule has 5 heteroatoms. The van der Waals surface area contributed by atoms with Crippen molar-refractivity contribution in [2.45, 2.75) is 18.9 Å². The molecule has 124 valence electrons. The predicted octanol–water partition coefficient (Wildman–Crippen LogP) is 3.55. The maximum Gasteiger partial charge on any atom is 0.138 e. The molecule has 1 aliphatic rings. The Bertz CT molecular complexity index is 829. The van der Waals surface area contributed by atoms with Gasteiger partial charge in [-0.15, -0.1) is 0 Å². The van der Waals surface area contributed by atoms with E-state index in [4.69, 9.17) is 4.74 Å². The molecule has 1 fully saturated rings. The van der Waals surface area contributed by atoms with Gasteiger partial charge in [-0.25, -0.2) is 4.98 Å². The first kappa shape index (κ1) is 15.1. The van der Waals surface area contributed by atoms with E-state index in [1.54, 1.807) is 0 Å². The number of hydrogen-bond acceptors (Lipinski definition) is 4. The fourth-order valence-corrected chi connectivity index (χ4v) is 3.41. The molecule has 3 heterocycles. The number of nitrogens with zero attached hydrogens (tertiary/aromatic N) is 3. The molecule has 1 N–H and O–H groups in total. The third kappa shape index (κ3) is 2.99. The van der Waals surface area contributed by atoms with Gasteiger partial charge in [-0.05, 0) is 25.0 Å². The van der Waals surface area contributed by atoms with E-state index in [1.807, 2.05) is 43.8 Å². The molecule has 3 aromatic rings. The molecular weight excluding hydrogens is 300 g/mol. The number of para-hydroxylation sites is 1. The van der Waals surface area contributed by atoms with Crippen LogP contribution in [0.15, 0.2) is 48.9 Å². The van der Waals surface area contributed by atoms with Gasteiger partial charge in [0, 0.05) is 43.9 Å². The van der Waals surface area contributed by atoms with Crippen LogP contribution in [0.25, 0.3) is 10.9 Å². The van der Waals surface area contributed by atoms with Crippen molar-refractivity contribution in [3.05, 3.63) is 54.7 Å². The van der Waals surface area contributed by atoms with E-state index < -0.39 is 0 Å². The lowest BCUT2D eigenvalue weighted by atomic mass is 9.93. The van der Waals surface area contributed by atoms with Crippen molar-refractivity contribution in [1.29, 1.82) is 0 Å². The number of ether oxygens (including phenoxy) is 1. The number of benzene rings is 1. The van der Waals surface area contributed by atoms with Crippen LogP contribution in [0.5, 0.6) is 0 Å². The molecular formula is C19H22N4O. The van der Waals surface area contributed by atoms with Crippen molar-refractivity contribution < 1.29 is 4.74 Å². The van der Waals surface area contributed by atoms with Crippen molar-refractivity contribution in [3.63, 3.8) is 0 Å².